The van der Waals surface area contributed by atoms with Crippen LogP contribution >= 0.6 is 0 Å². The summed E-state index contributed by atoms with van der Waals surface area (Å²) in [7, 11) is 0. The SMILES string of the molecule is Cc1ccccc1[C@]1(CO)CO1. The fourth-order valence-corrected chi connectivity index (χ4v) is 1.50. The number of ether oxygens (including phenoxy) is 1. The number of hydrogen-bond acceptors (Lipinski definition) is 2. The van der Waals surface area contributed by atoms with Crippen molar-refractivity contribution in [3.8, 4) is 0 Å². The molecule has 0 saturated carbocycles. The lowest BCUT2D eigenvalue weighted by Crippen LogP contribution is -2.15. The Balaban J connectivity index is 2.40. The van der Waals surface area contributed by atoms with Gasteiger partial charge in [0.15, 0.2) is 0 Å². The molecule has 0 aromatic heterocycles. The van der Waals surface area contributed by atoms with Crippen molar-refractivity contribution in [2.24, 2.45) is 0 Å². The first-order valence-electron chi connectivity index (χ1n) is 4.09. The fraction of sp³-hybridized carbons (Fsp3) is 0.400. The molecule has 1 saturated heterocycles. The van der Waals surface area contributed by atoms with E-state index in [1.807, 2.05) is 31.2 Å². The monoisotopic (exact) mass is 164 g/mol. The van der Waals surface area contributed by atoms with Gasteiger partial charge in [0.2, 0.25) is 0 Å². The van der Waals surface area contributed by atoms with Gasteiger partial charge in [-0.05, 0) is 18.1 Å². The van der Waals surface area contributed by atoms with Crippen molar-refractivity contribution < 1.29 is 9.84 Å². The summed E-state index contributed by atoms with van der Waals surface area (Å²) < 4.78 is 5.26. The van der Waals surface area contributed by atoms with Gasteiger partial charge in [0, 0.05) is 0 Å². The molecule has 1 atom stereocenters. The molecule has 0 unspecified atom stereocenters. The molecule has 1 aromatic rings. The Bertz CT molecular complexity index is 290. The number of aliphatic hydroxyl groups is 1. The molecule has 1 fully saturated rings. The molecular weight excluding hydrogens is 152 g/mol. The second kappa shape index (κ2) is 2.57. The first-order valence-corrected chi connectivity index (χ1v) is 4.09. The van der Waals surface area contributed by atoms with Crippen molar-refractivity contribution >= 4 is 0 Å². The Kier molecular flexibility index (Phi) is 1.67. The Morgan fingerprint density at radius 1 is 1.50 bits per heavy atom. The van der Waals surface area contributed by atoms with Crippen LogP contribution in [0.1, 0.15) is 11.1 Å². The molecule has 1 heterocycles. The van der Waals surface area contributed by atoms with Crippen molar-refractivity contribution in [3.63, 3.8) is 0 Å². The van der Waals surface area contributed by atoms with Gasteiger partial charge in [-0.25, -0.2) is 0 Å². The summed E-state index contributed by atoms with van der Waals surface area (Å²) in [6.45, 7) is 2.76. The molecule has 0 radical (unpaired) electrons. The van der Waals surface area contributed by atoms with E-state index in [-0.39, 0.29) is 12.2 Å². The average Bonchev–Trinajstić information content (AvgIpc) is 2.86. The van der Waals surface area contributed by atoms with Gasteiger partial charge in [0.25, 0.3) is 0 Å². The minimum Gasteiger partial charge on any atom is -0.393 e. The van der Waals surface area contributed by atoms with Gasteiger partial charge in [-0.15, -0.1) is 0 Å². The van der Waals surface area contributed by atoms with Gasteiger partial charge >= 0.3 is 0 Å². The van der Waals surface area contributed by atoms with Crippen molar-refractivity contribution in [2.75, 3.05) is 13.2 Å². The topological polar surface area (TPSA) is 32.8 Å². The van der Waals surface area contributed by atoms with Crippen LogP contribution in [0.15, 0.2) is 24.3 Å². The zero-order valence-electron chi connectivity index (χ0n) is 7.08. The predicted molar refractivity (Wildman–Crippen MR) is 45.9 cm³/mol. The maximum absolute atomic E-state index is 9.11. The maximum atomic E-state index is 9.11. The number of benzene rings is 1. The predicted octanol–water partition coefficient (Wildman–Crippen LogP) is 1.21. The normalized spacial score (nSPS) is 27.2. The molecule has 2 nitrogen and oxygen atoms in total. The van der Waals surface area contributed by atoms with E-state index in [2.05, 4.69) is 0 Å². The first-order chi connectivity index (χ1) is 5.78. The lowest BCUT2D eigenvalue weighted by atomic mass is 9.96. The van der Waals surface area contributed by atoms with E-state index in [0.29, 0.717) is 6.61 Å². The molecule has 1 N–H and O–H groups in total. The van der Waals surface area contributed by atoms with Crippen molar-refractivity contribution in [3.05, 3.63) is 35.4 Å². The van der Waals surface area contributed by atoms with Crippen LogP contribution in [-0.4, -0.2) is 18.3 Å². The largest absolute Gasteiger partial charge is 0.393 e. The van der Waals surface area contributed by atoms with E-state index in [1.54, 1.807) is 0 Å². The summed E-state index contributed by atoms with van der Waals surface area (Å²) in [6, 6.07) is 8.01. The third-order valence-corrected chi connectivity index (χ3v) is 2.38. The minimum atomic E-state index is -0.370. The second-order valence-corrected chi connectivity index (χ2v) is 3.26. The zero-order chi connectivity index (χ0) is 8.60. The summed E-state index contributed by atoms with van der Waals surface area (Å²) in [6.07, 6.45) is 0. The fourth-order valence-electron chi connectivity index (χ4n) is 1.50. The van der Waals surface area contributed by atoms with E-state index in [9.17, 15) is 0 Å². The van der Waals surface area contributed by atoms with Crippen LogP contribution in [0.5, 0.6) is 0 Å². The highest BCUT2D eigenvalue weighted by Crippen LogP contribution is 2.39. The van der Waals surface area contributed by atoms with Crippen LogP contribution in [-0.2, 0) is 10.3 Å². The maximum Gasteiger partial charge on any atom is 0.140 e. The van der Waals surface area contributed by atoms with Crippen LogP contribution in [0.3, 0.4) is 0 Å². The summed E-state index contributed by atoms with van der Waals surface area (Å²) >= 11 is 0. The Hall–Kier alpha value is -0.860. The highest BCUT2D eigenvalue weighted by atomic mass is 16.6. The van der Waals surface area contributed by atoms with Crippen LogP contribution < -0.4 is 0 Å². The Morgan fingerprint density at radius 3 is 2.67 bits per heavy atom. The standard InChI is InChI=1S/C10H12O2/c1-8-4-2-3-5-9(8)10(6-11)7-12-10/h2-5,11H,6-7H2,1H3/t10-/m0/s1. The quantitative estimate of drug-likeness (QED) is 0.666. The number of hydrogen-bond donors (Lipinski definition) is 1. The number of aryl methyl sites for hydroxylation is 1. The van der Waals surface area contributed by atoms with E-state index in [0.717, 1.165) is 5.56 Å². The molecular formula is C10H12O2. The van der Waals surface area contributed by atoms with Crippen LogP contribution in [0, 0.1) is 6.92 Å². The van der Waals surface area contributed by atoms with Crippen molar-refractivity contribution in [2.45, 2.75) is 12.5 Å². The second-order valence-electron chi connectivity index (χ2n) is 3.26. The summed E-state index contributed by atoms with van der Waals surface area (Å²) in [5.74, 6) is 0. The lowest BCUT2D eigenvalue weighted by molar-refractivity contribution is 0.172. The molecule has 0 spiro atoms. The molecule has 64 valence electrons. The highest BCUT2D eigenvalue weighted by molar-refractivity contribution is 5.34. The summed E-state index contributed by atoms with van der Waals surface area (Å²) in [5.41, 5.74) is 1.93. The van der Waals surface area contributed by atoms with Gasteiger partial charge in [0.05, 0.1) is 13.2 Å². The molecule has 1 aromatic carbocycles. The zero-order valence-corrected chi connectivity index (χ0v) is 7.08. The van der Waals surface area contributed by atoms with Gasteiger partial charge in [-0.3, -0.25) is 0 Å². The average molecular weight is 164 g/mol. The number of epoxide rings is 1. The number of aliphatic hydroxyl groups excluding tert-OH is 1. The summed E-state index contributed by atoms with van der Waals surface area (Å²) in [4.78, 5) is 0. The molecule has 1 aliphatic heterocycles. The molecule has 1 aliphatic rings. The van der Waals surface area contributed by atoms with Crippen molar-refractivity contribution in [1.29, 1.82) is 0 Å². The molecule has 2 rings (SSSR count). The van der Waals surface area contributed by atoms with Gasteiger partial charge in [0.1, 0.15) is 5.60 Å². The molecule has 0 amide bonds. The lowest BCUT2D eigenvalue weighted by Gasteiger charge is -2.10. The smallest absolute Gasteiger partial charge is 0.140 e. The van der Waals surface area contributed by atoms with Crippen LogP contribution in [0.25, 0.3) is 0 Å². The molecule has 12 heavy (non-hydrogen) atoms. The van der Waals surface area contributed by atoms with Crippen LogP contribution in [0.2, 0.25) is 0 Å². The van der Waals surface area contributed by atoms with Crippen molar-refractivity contribution in [1.82, 2.24) is 0 Å². The highest BCUT2D eigenvalue weighted by Gasteiger charge is 2.46. The van der Waals surface area contributed by atoms with Crippen LogP contribution in [0.4, 0.5) is 0 Å². The van der Waals surface area contributed by atoms with Gasteiger partial charge in [-0.1, -0.05) is 24.3 Å². The van der Waals surface area contributed by atoms with E-state index < -0.39 is 0 Å². The summed E-state index contributed by atoms with van der Waals surface area (Å²) in [5, 5.41) is 9.11. The van der Waals surface area contributed by atoms with E-state index in [4.69, 9.17) is 9.84 Å². The minimum absolute atomic E-state index is 0.0812. The molecule has 2 heteroatoms. The van der Waals surface area contributed by atoms with E-state index >= 15 is 0 Å². The Morgan fingerprint density at radius 2 is 2.17 bits per heavy atom. The van der Waals surface area contributed by atoms with Gasteiger partial charge < -0.3 is 9.84 Å². The third kappa shape index (κ3) is 1.04. The van der Waals surface area contributed by atoms with E-state index in [1.165, 1.54) is 5.56 Å². The third-order valence-electron chi connectivity index (χ3n) is 2.38. The molecule has 0 bridgehead atoms. The Labute approximate surface area is 71.8 Å². The number of rotatable bonds is 2. The first kappa shape index (κ1) is 7.77. The van der Waals surface area contributed by atoms with Gasteiger partial charge in [-0.2, -0.15) is 0 Å². The molecule has 0 aliphatic carbocycles.